The summed E-state index contributed by atoms with van der Waals surface area (Å²) >= 11 is 0. The smallest absolute Gasteiger partial charge is 0.194 e. The number of guanidine groups is 1. The van der Waals surface area contributed by atoms with Crippen LogP contribution < -0.4 is 10.2 Å². The molecule has 0 spiro atoms. The summed E-state index contributed by atoms with van der Waals surface area (Å²) in [6, 6.07) is 10.5. The topological polar surface area (TPSA) is 74.7 Å². The SMILES string of the molecule is CCc1nncn1CCNC(=NCc1ccco1)N1CCN(c2ccc(F)cc2)CC1. The van der Waals surface area contributed by atoms with Gasteiger partial charge in [0.25, 0.3) is 0 Å². The first-order valence-electron chi connectivity index (χ1n) is 10.7. The minimum atomic E-state index is -0.210. The van der Waals surface area contributed by atoms with E-state index in [2.05, 4.69) is 36.8 Å². The molecule has 1 fully saturated rings. The van der Waals surface area contributed by atoms with E-state index >= 15 is 0 Å². The van der Waals surface area contributed by atoms with Gasteiger partial charge >= 0.3 is 0 Å². The van der Waals surface area contributed by atoms with Crippen molar-refractivity contribution in [2.24, 2.45) is 4.99 Å². The molecule has 1 aromatic carbocycles. The Kier molecular flexibility index (Phi) is 6.81. The van der Waals surface area contributed by atoms with E-state index in [9.17, 15) is 4.39 Å². The number of aromatic nitrogens is 3. The number of furan rings is 1. The predicted octanol–water partition coefficient (Wildman–Crippen LogP) is 2.54. The lowest BCUT2D eigenvalue weighted by Gasteiger charge is -2.37. The molecular formula is C22H28FN7O. The van der Waals surface area contributed by atoms with Crippen molar-refractivity contribution < 1.29 is 8.81 Å². The number of aliphatic imine (C=N–C) groups is 1. The van der Waals surface area contributed by atoms with Gasteiger partial charge in [0.2, 0.25) is 0 Å². The lowest BCUT2D eigenvalue weighted by Crippen LogP contribution is -2.53. The third-order valence-corrected chi connectivity index (χ3v) is 5.38. The van der Waals surface area contributed by atoms with E-state index in [-0.39, 0.29) is 5.82 Å². The number of halogens is 1. The molecule has 0 amide bonds. The van der Waals surface area contributed by atoms with E-state index in [0.29, 0.717) is 6.54 Å². The molecule has 0 bridgehead atoms. The van der Waals surface area contributed by atoms with Crippen LogP contribution >= 0.6 is 0 Å². The van der Waals surface area contributed by atoms with Crippen molar-refractivity contribution in [1.82, 2.24) is 25.0 Å². The van der Waals surface area contributed by atoms with Gasteiger partial charge in [0, 0.05) is 51.4 Å². The maximum atomic E-state index is 13.2. The molecule has 2 aromatic heterocycles. The minimum absolute atomic E-state index is 0.210. The fourth-order valence-electron chi connectivity index (χ4n) is 3.68. The second kappa shape index (κ2) is 10.1. The maximum absolute atomic E-state index is 13.2. The molecule has 1 aliphatic heterocycles. The van der Waals surface area contributed by atoms with Gasteiger partial charge in [-0.2, -0.15) is 0 Å². The molecular weight excluding hydrogens is 397 g/mol. The van der Waals surface area contributed by atoms with E-state index < -0.39 is 0 Å². The zero-order chi connectivity index (χ0) is 21.5. The standard InChI is InChI=1S/C22H28FN7O/c1-2-21-27-26-17-30(21)10-9-24-22(25-16-20-4-3-15-31-20)29-13-11-28(12-14-29)19-7-5-18(23)6-8-19/h3-8,15,17H,2,9-14,16H2,1H3,(H,24,25). The molecule has 3 heterocycles. The molecule has 1 aliphatic rings. The molecule has 1 N–H and O–H groups in total. The van der Waals surface area contributed by atoms with E-state index in [4.69, 9.17) is 9.41 Å². The highest BCUT2D eigenvalue weighted by Gasteiger charge is 2.20. The number of benzene rings is 1. The van der Waals surface area contributed by atoms with Gasteiger partial charge < -0.3 is 24.1 Å². The summed E-state index contributed by atoms with van der Waals surface area (Å²) in [4.78, 5) is 9.32. The van der Waals surface area contributed by atoms with Crippen LogP contribution in [0.15, 0.2) is 58.4 Å². The largest absolute Gasteiger partial charge is 0.467 e. The fourth-order valence-corrected chi connectivity index (χ4v) is 3.68. The van der Waals surface area contributed by atoms with Crippen LogP contribution in [0.5, 0.6) is 0 Å². The van der Waals surface area contributed by atoms with Gasteiger partial charge in [0.1, 0.15) is 30.3 Å². The Hall–Kier alpha value is -3.36. The molecule has 9 heteroatoms. The quantitative estimate of drug-likeness (QED) is 0.463. The van der Waals surface area contributed by atoms with Crippen molar-refractivity contribution in [2.45, 2.75) is 26.4 Å². The van der Waals surface area contributed by atoms with Crippen molar-refractivity contribution in [1.29, 1.82) is 0 Å². The van der Waals surface area contributed by atoms with Crippen molar-refractivity contribution in [2.75, 3.05) is 37.6 Å². The van der Waals surface area contributed by atoms with Crippen LogP contribution in [-0.4, -0.2) is 58.3 Å². The van der Waals surface area contributed by atoms with E-state index in [1.54, 1.807) is 12.6 Å². The lowest BCUT2D eigenvalue weighted by atomic mass is 10.2. The first-order chi connectivity index (χ1) is 15.2. The number of nitrogens with zero attached hydrogens (tertiary/aromatic N) is 6. The third kappa shape index (κ3) is 5.42. The van der Waals surface area contributed by atoms with Crippen LogP contribution in [0.3, 0.4) is 0 Å². The molecule has 1 saturated heterocycles. The van der Waals surface area contributed by atoms with Gasteiger partial charge in [0.15, 0.2) is 5.96 Å². The number of aryl methyl sites for hydroxylation is 1. The molecule has 0 radical (unpaired) electrons. The Morgan fingerprint density at radius 3 is 2.68 bits per heavy atom. The minimum Gasteiger partial charge on any atom is -0.467 e. The Labute approximate surface area is 181 Å². The number of nitrogens with one attached hydrogen (secondary N) is 1. The molecule has 8 nitrogen and oxygen atoms in total. The van der Waals surface area contributed by atoms with Gasteiger partial charge in [-0.1, -0.05) is 6.92 Å². The monoisotopic (exact) mass is 425 g/mol. The van der Waals surface area contributed by atoms with E-state index in [1.165, 1.54) is 12.1 Å². The van der Waals surface area contributed by atoms with Gasteiger partial charge in [-0.25, -0.2) is 9.38 Å². The second-order valence-corrected chi connectivity index (χ2v) is 7.39. The van der Waals surface area contributed by atoms with Crippen LogP contribution in [0.25, 0.3) is 0 Å². The Balaban J connectivity index is 1.38. The summed E-state index contributed by atoms with van der Waals surface area (Å²) in [7, 11) is 0. The molecule has 3 aromatic rings. The number of hydrogen-bond donors (Lipinski definition) is 1. The van der Waals surface area contributed by atoms with Crippen LogP contribution in [0.4, 0.5) is 10.1 Å². The van der Waals surface area contributed by atoms with Gasteiger partial charge in [0.05, 0.1) is 6.26 Å². The summed E-state index contributed by atoms with van der Waals surface area (Å²) < 4.78 is 20.7. The predicted molar refractivity (Wildman–Crippen MR) is 117 cm³/mol. The Morgan fingerprint density at radius 2 is 1.97 bits per heavy atom. The summed E-state index contributed by atoms with van der Waals surface area (Å²) in [6.45, 7) is 7.40. The Morgan fingerprint density at radius 1 is 1.16 bits per heavy atom. The van der Waals surface area contributed by atoms with E-state index in [0.717, 1.165) is 68.9 Å². The number of hydrogen-bond acceptors (Lipinski definition) is 5. The molecule has 164 valence electrons. The van der Waals surface area contributed by atoms with Crippen LogP contribution in [0.1, 0.15) is 18.5 Å². The normalized spacial score (nSPS) is 14.8. The molecule has 0 aliphatic carbocycles. The number of piperazine rings is 1. The molecule has 31 heavy (non-hydrogen) atoms. The third-order valence-electron chi connectivity index (χ3n) is 5.38. The van der Waals surface area contributed by atoms with Crippen molar-refractivity contribution in [3.8, 4) is 0 Å². The summed E-state index contributed by atoms with van der Waals surface area (Å²) in [5.41, 5.74) is 1.04. The summed E-state index contributed by atoms with van der Waals surface area (Å²) in [5.74, 6) is 2.46. The molecule has 0 unspecified atom stereocenters. The maximum Gasteiger partial charge on any atom is 0.194 e. The average Bonchev–Trinajstić information content (AvgIpc) is 3.48. The number of rotatable bonds is 7. The highest BCUT2D eigenvalue weighted by Crippen LogP contribution is 2.17. The molecule has 4 rings (SSSR count). The molecule has 0 atom stereocenters. The van der Waals surface area contributed by atoms with Crippen LogP contribution in [0, 0.1) is 5.82 Å². The van der Waals surface area contributed by atoms with Gasteiger partial charge in [-0.3, -0.25) is 0 Å². The zero-order valence-corrected chi connectivity index (χ0v) is 17.7. The zero-order valence-electron chi connectivity index (χ0n) is 17.7. The summed E-state index contributed by atoms with van der Waals surface area (Å²) in [5, 5.41) is 11.6. The van der Waals surface area contributed by atoms with Crippen LogP contribution in [-0.2, 0) is 19.5 Å². The van der Waals surface area contributed by atoms with Crippen molar-refractivity contribution in [3.05, 3.63) is 66.4 Å². The van der Waals surface area contributed by atoms with Gasteiger partial charge in [-0.15, -0.1) is 10.2 Å². The Bertz CT molecular complexity index is 960. The first kappa shape index (κ1) is 20.9. The van der Waals surface area contributed by atoms with Gasteiger partial charge in [-0.05, 0) is 36.4 Å². The highest BCUT2D eigenvalue weighted by molar-refractivity contribution is 5.80. The van der Waals surface area contributed by atoms with Crippen molar-refractivity contribution in [3.63, 3.8) is 0 Å². The molecule has 0 saturated carbocycles. The lowest BCUT2D eigenvalue weighted by molar-refractivity contribution is 0.369. The number of anilines is 1. The van der Waals surface area contributed by atoms with E-state index in [1.807, 2.05) is 24.3 Å². The summed E-state index contributed by atoms with van der Waals surface area (Å²) in [6.07, 6.45) is 4.28. The average molecular weight is 426 g/mol. The highest BCUT2D eigenvalue weighted by atomic mass is 19.1. The fraction of sp³-hybridized carbons (Fsp3) is 0.409. The van der Waals surface area contributed by atoms with Crippen molar-refractivity contribution >= 4 is 11.6 Å². The van der Waals surface area contributed by atoms with Crippen LogP contribution in [0.2, 0.25) is 0 Å². The first-order valence-corrected chi connectivity index (χ1v) is 10.7. The second-order valence-electron chi connectivity index (χ2n) is 7.39.